The molecule has 0 amide bonds. The Morgan fingerprint density at radius 3 is 3.00 bits per heavy atom. The van der Waals surface area contributed by atoms with Crippen molar-refractivity contribution in [2.45, 2.75) is 31.3 Å². The van der Waals surface area contributed by atoms with Crippen LogP contribution in [-0.2, 0) is 12.8 Å². The fraction of sp³-hybridized carbons (Fsp3) is 0.500. The Hall–Kier alpha value is -0.810. The molecule has 3 nitrogen and oxygen atoms in total. The first-order valence-electron chi connectivity index (χ1n) is 5.80. The number of nitrogens with two attached hydrogens (primary N) is 1. The average Bonchev–Trinajstić information content (AvgIpc) is 2.66. The van der Waals surface area contributed by atoms with E-state index in [2.05, 4.69) is 16.9 Å². The Morgan fingerprint density at radius 2 is 2.24 bits per heavy atom. The van der Waals surface area contributed by atoms with Crippen LogP contribution >= 0.6 is 23.1 Å². The highest BCUT2D eigenvalue weighted by Gasteiger charge is 2.23. The van der Waals surface area contributed by atoms with Gasteiger partial charge in [-0.15, -0.1) is 11.3 Å². The maximum Gasteiger partial charge on any atom is 0.190 e. The van der Waals surface area contributed by atoms with Crippen LogP contribution in [0.1, 0.15) is 23.8 Å². The highest BCUT2D eigenvalue weighted by Crippen LogP contribution is 2.39. The number of hydrogen-bond acceptors (Lipinski definition) is 5. The van der Waals surface area contributed by atoms with Crippen molar-refractivity contribution in [3.63, 3.8) is 0 Å². The van der Waals surface area contributed by atoms with E-state index in [0.29, 0.717) is 5.82 Å². The average molecular weight is 265 g/mol. The van der Waals surface area contributed by atoms with Gasteiger partial charge in [0.25, 0.3) is 0 Å². The molecule has 0 bridgehead atoms. The monoisotopic (exact) mass is 265 g/mol. The van der Waals surface area contributed by atoms with Gasteiger partial charge in [0.2, 0.25) is 0 Å². The summed E-state index contributed by atoms with van der Waals surface area (Å²) in [5, 5.41) is 1.90. The van der Waals surface area contributed by atoms with Crippen LogP contribution < -0.4 is 5.73 Å². The number of thiophene rings is 1. The zero-order valence-corrected chi connectivity index (χ0v) is 11.6. The van der Waals surface area contributed by atoms with Crippen molar-refractivity contribution in [2.75, 3.05) is 12.0 Å². The third-order valence-corrected chi connectivity index (χ3v) is 5.07. The molecule has 17 heavy (non-hydrogen) atoms. The molecule has 1 aliphatic rings. The standard InChI is InChI=1S/C12H15N3S2/c1-6-3-4-8-7(5-6)9-10(13)14-12(16-2)15-11(9)17-8/h6H,3-5H2,1-2H3,(H2,13,14,15). The van der Waals surface area contributed by atoms with Gasteiger partial charge in [-0.1, -0.05) is 18.7 Å². The predicted octanol–water partition coefficient (Wildman–Crippen LogP) is 3.12. The fourth-order valence-electron chi connectivity index (χ4n) is 2.45. The Kier molecular flexibility index (Phi) is 2.75. The first-order valence-corrected chi connectivity index (χ1v) is 7.85. The molecule has 2 aromatic heterocycles. The van der Waals surface area contributed by atoms with Crippen molar-refractivity contribution >= 4 is 39.1 Å². The van der Waals surface area contributed by atoms with Crippen LogP contribution in [0.4, 0.5) is 5.82 Å². The number of anilines is 1. The zero-order valence-electron chi connectivity index (χ0n) is 9.99. The van der Waals surface area contributed by atoms with Crippen molar-refractivity contribution < 1.29 is 0 Å². The summed E-state index contributed by atoms with van der Waals surface area (Å²) in [5.41, 5.74) is 7.50. The van der Waals surface area contributed by atoms with E-state index >= 15 is 0 Å². The van der Waals surface area contributed by atoms with E-state index in [0.717, 1.165) is 27.7 Å². The van der Waals surface area contributed by atoms with E-state index in [9.17, 15) is 0 Å². The van der Waals surface area contributed by atoms with Crippen LogP contribution in [-0.4, -0.2) is 16.2 Å². The second kappa shape index (κ2) is 4.14. The Bertz CT molecular complexity index is 577. The number of aromatic nitrogens is 2. The van der Waals surface area contributed by atoms with Crippen LogP contribution in [0, 0.1) is 5.92 Å². The van der Waals surface area contributed by atoms with Crippen molar-refractivity contribution in [3.05, 3.63) is 10.4 Å². The lowest BCUT2D eigenvalue weighted by Crippen LogP contribution is -2.09. The topological polar surface area (TPSA) is 51.8 Å². The Labute approximate surface area is 109 Å². The number of aryl methyl sites for hydroxylation is 1. The molecule has 1 unspecified atom stereocenters. The lowest BCUT2D eigenvalue weighted by atomic mass is 9.89. The second-order valence-corrected chi connectivity index (χ2v) is 6.48. The smallest absolute Gasteiger partial charge is 0.190 e. The molecule has 3 rings (SSSR count). The molecule has 0 spiro atoms. The quantitative estimate of drug-likeness (QED) is 0.636. The summed E-state index contributed by atoms with van der Waals surface area (Å²) in [6, 6.07) is 0. The zero-order chi connectivity index (χ0) is 12.0. The molecule has 2 aromatic rings. The summed E-state index contributed by atoms with van der Waals surface area (Å²) < 4.78 is 0. The molecule has 1 aliphatic carbocycles. The molecule has 90 valence electrons. The number of rotatable bonds is 1. The maximum atomic E-state index is 6.09. The van der Waals surface area contributed by atoms with E-state index in [1.165, 1.54) is 23.3 Å². The van der Waals surface area contributed by atoms with Gasteiger partial charge in [0.1, 0.15) is 10.6 Å². The third kappa shape index (κ3) is 1.81. The molecule has 0 aliphatic heterocycles. The molecule has 0 saturated carbocycles. The summed E-state index contributed by atoms with van der Waals surface area (Å²) in [4.78, 5) is 11.5. The number of nitrogen functional groups attached to an aromatic ring is 1. The molecular formula is C12H15N3S2. The van der Waals surface area contributed by atoms with Gasteiger partial charge in [-0.3, -0.25) is 0 Å². The summed E-state index contributed by atoms with van der Waals surface area (Å²) in [6.45, 7) is 2.31. The van der Waals surface area contributed by atoms with Crippen LogP contribution in [0.25, 0.3) is 10.2 Å². The predicted molar refractivity (Wildman–Crippen MR) is 74.8 cm³/mol. The molecule has 0 saturated heterocycles. The largest absolute Gasteiger partial charge is 0.383 e. The number of hydrogen-bond donors (Lipinski definition) is 1. The molecule has 1 atom stereocenters. The molecular weight excluding hydrogens is 250 g/mol. The number of thioether (sulfide) groups is 1. The van der Waals surface area contributed by atoms with Crippen LogP contribution in [0.15, 0.2) is 5.16 Å². The highest BCUT2D eigenvalue weighted by atomic mass is 32.2. The summed E-state index contributed by atoms with van der Waals surface area (Å²) in [6.07, 6.45) is 5.56. The van der Waals surface area contributed by atoms with Crippen molar-refractivity contribution in [1.29, 1.82) is 0 Å². The van der Waals surface area contributed by atoms with Gasteiger partial charge in [-0.05, 0) is 37.0 Å². The molecule has 2 heterocycles. The number of nitrogens with zero attached hydrogens (tertiary/aromatic N) is 2. The van der Waals surface area contributed by atoms with E-state index in [1.807, 2.05) is 6.26 Å². The van der Waals surface area contributed by atoms with Crippen molar-refractivity contribution in [1.82, 2.24) is 9.97 Å². The maximum absolute atomic E-state index is 6.09. The van der Waals surface area contributed by atoms with Crippen molar-refractivity contribution in [2.24, 2.45) is 5.92 Å². The Balaban J connectivity index is 2.25. The minimum atomic E-state index is 0.658. The van der Waals surface area contributed by atoms with E-state index < -0.39 is 0 Å². The summed E-state index contributed by atoms with van der Waals surface area (Å²) in [5.74, 6) is 1.41. The van der Waals surface area contributed by atoms with Crippen molar-refractivity contribution in [3.8, 4) is 0 Å². The fourth-order valence-corrected chi connectivity index (χ4v) is 4.10. The second-order valence-electron chi connectivity index (χ2n) is 4.63. The minimum Gasteiger partial charge on any atom is -0.383 e. The van der Waals surface area contributed by atoms with Crippen LogP contribution in [0.3, 0.4) is 0 Å². The molecule has 5 heteroatoms. The molecule has 0 radical (unpaired) electrons. The highest BCUT2D eigenvalue weighted by molar-refractivity contribution is 7.98. The van der Waals surface area contributed by atoms with Gasteiger partial charge in [-0.2, -0.15) is 0 Å². The van der Waals surface area contributed by atoms with E-state index in [4.69, 9.17) is 5.73 Å². The minimum absolute atomic E-state index is 0.658. The summed E-state index contributed by atoms with van der Waals surface area (Å²) >= 11 is 3.35. The first kappa shape index (κ1) is 11.3. The molecule has 0 aromatic carbocycles. The Morgan fingerprint density at radius 1 is 1.41 bits per heavy atom. The third-order valence-electron chi connectivity index (χ3n) is 3.34. The van der Waals surface area contributed by atoms with Gasteiger partial charge >= 0.3 is 0 Å². The van der Waals surface area contributed by atoms with Gasteiger partial charge < -0.3 is 5.73 Å². The lowest BCUT2D eigenvalue weighted by Gasteiger charge is -2.18. The SMILES string of the molecule is CSc1nc(N)c2c3c(sc2n1)CCC(C)C3. The molecule has 2 N–H and O–H groups in total. The summed E-state index contributed by atoms with van der Waals surface area (Å²) in [7, 11) is 0. The lowest BCUT2D eigenvalue weighted by molar-refractivity contribution is 0.508. The normalized spacial score (nSPS) is 19.5. The first-order chi connectivity index (χ1) is 8.19. The van der Waals surface area contributed by atoms with Gasteiger partial charge in [0.05, 0.1) is 5.39 Å². The van der Waals surface area contributed by atoms with Crippen LogP contribution in [0.5, 0.6) is 0 Å². The van der Waals surface area contributed by atoms with Gasteiger partial charge in [0.15, 0.2) is 5.16 Å². The van der Waals surface area contributed by atoms with Crippen LogP contribution in [0.2, 0.25) is 0 Å². The van der Waals surface area contributed by atoms with Gasteiger partial charge in [-0.25, -0.2) is 9.97 Å². The van der Waals surface area contributed by atoms with Gasteiger partial charge in [0, 0.05) is 4.88 Å². The number of fused-ring (bicyclic) bond motifs is 3. The van der Waals surface area contributed by atoms with E-state index in [-0.39, 0.29) is 0 Å². The van der Waals surface area contributed by atoms with E-state index in [1.54, 1.807) is 23.1 Å². The molecule has 0 fully saturated rings.